The average molecular weight is 333 g/mol. The van der Waals surface area contributed by atoms with Crippen LogP contribution < -0.4 is 5.32 Å². The number of carboxylic acids is 1. The molecule has 0 aromatic heterocycles. The molecule has 0 bridgehead atoms. The predicted octanol–water partition coefficient (Wildman–Crippen LogP) is 3.98. The molecule has 2 N–H and O–H groups in total. The molecular weight excluding hydrogens is 306 g/mol. The molecule has 1 aliphatic carbocycles. The number of carbonyl (C=O) groups is 2. The molecule has 1 saturated carbocycles. The summed E-state index contributed by atoms with van der Waals surface area (Å²) < 4.78 is 5.37. The van der Waals surface area contributed by atoms with Crippen molar-refractivity contribution in [1.29, 1.82) is 0 Å². The average Bonchev–Trinajstić information content (AvgIpc) is 2.79. The van der Waals surface area contributed by atoms with Gasteiger partial charge in [-0.1, -0.05) is 37.8 Å². The number of rotatable bonds is 7. The van der Waals surface area contributed by atoms with Gasteiger partial charge in [-0.3, -0.25) is 9.59 Å². The van der Waals surface area contributed by atoms with Crippen molar-refractivity contribution in [2.75, 3.05) is 11.9 Å². The van der Waals surface area contributed by atoms with Crippen molar-refractivity contribution in [3.05, 3.63) is 29.8 Å². The van der Waals surface area contributed by atoms with E-state index in [1.54, 1.807) is 0 Å². The van der Waals surface area contributed by atoms with Gasteiger partial charge in [0.1, 0.15) is 0 Å². The van der Waals surface area contributed by atoms with Gasteiger partial charge in [0.05, 0.1) is 12.0 Å². The minimum absolute atomic E-state index is 0.0397. The summed E-state index contributed by atoms with van der Waals surface area (Å²) in [5.74, 6) is -1.07. The highest BCUT2D eigenvalue weighted by Crippen LogP contribution is 2.38. The maximum absolute atomic E-state index is 12.4. The number of aliphatic carboxylic acids is 1. The molecule has 1 aliphatic rings. The Morgan fingerprint density at radius 3 is 2.54 bits per heavy atom. The molecule has 1 amide bonds. The summed E-state index contributed by atoms with van der Waals surface area (Å²) in [6.45, 7) is 3.07. The minimum Gasteiger partial charge on any atom is -0.481 e. The predicted molar refractivity (Wildman–Crippen MR) is 92.8 cm³/mol. The summed E-state index contributed by atoms with van der Waals surface area (Å²) in [6.07, 6.45) is 5.07. The number of hydrogen-bond acceptors (Lipinski definition) is 3. The Kier molecular flexibility index (Phi) is 6.79. The first kappa shape index (κ1) is 18.5. The molecule has 0 saturated heterocycles. The first-order chi connectivity index (χ1) is 11.6. The second-order valence-electron chi connectivity index (χ2n) is 6.56. The normalized spacial score (nSPS) is 17.0. The Morgan fingerprint density at radius 1 is 1.21 bits per heavy atom. The standard InChI is InChI=1S/C19H27NO4/c1-2-24-14-15-8-7-9-16(12-15)20-17(21)13-19(18(22)23)10-5-3-4-6-11-19/h7-9,12H,2-6,10-11,13-14H2,1H3,(H,20,21)(H,22,23). The highest BCUT2D eigenvalue weighted by atomic mass is 16.5. The van der Waals surface area contributed by atoms with Crippen molar-refractivity contribution in [2.45, 2.75) is 58.5 Å². The van der Waals surface area contributed by atoms with Gasteiger partial charge in [0, 0.05) is 18.7 Å². The third-order valence-corrected chi connectivity index (χ3v) is 4.70. The SMILES string of the molecule is CCOCc1cccc(NC(=O)CC2(C(=O)O)CCCCCC2)c1. The fourth-order valence-corrected chi connectivity index (χ4v) is 3.34. The number of anilines is 1. The molecule has 132 valence electrons. The van der Waals surface area contributed by atoms with Crippen molar-refractivity contribution in [3.8, 4) is 0 Å². The van der Waals surface area contributed by atoms with E-state index >= 15 is 0 Å². The highest BCUT2D eigenvalue weighted by molar-refractivity contribution is 5.94. The van der Waals surface area contributed by atoms with E-state index in [-0.39, 0.29) is 12.3 Å². The molecule has 0 aliphatic heterocycles. The Labute approximate surface area is 143 Å². The lowest BCUT2D eigenvalue weighted by Crippen LogP contribution is -2.35. The summed E-state index contributed by atoms with van der Waals surface area (Å²) in [4.78, 5) is 24.2. The van der Waals surface area contributed by atoms with Crippen LogP contribution >= 0.6 is 0 Å². The fourth-order valence-electron chi connectivity index (χ4n) is 3.34. The molecule has 0 heterocycles. The molecule has 0 atom stereocenters. The summed E-state index contributed by atoms with van der Waals surface area (Å²) in [5.41, 5.74) is 0.757. The van der Waals surface area contributed by atoms with Gasteiger partial charge in [-0.25, -0.2) is 0 Å². The van der Waals surface area contributed by atoms with Crippen LogP contribution in [0.15, 0.2) is 24.3 Å². The van der Waals surface area contributed by atoms with Gasteiger partial charge in [0.25, 0.3) is 0 Å². The van der Waals surface area contributed by atoms with Crippen molar-refractivity contribution >= 4 is 17.6 Å². The summed E-state index contributed by atoms with van der Waals surface area (Å²) in [7, 11) is 0. The monoisotopic (exact) mass is 333 g/mol. The molecule has 0 radical (unpaired) electrons. The molecule has 0 unspecified atom stereocenters. The minimum atomic E-state index is -0.913. The van der Waals surface area contributed by atoms with Gasteiger partial charge < -0.3 is 15.2 Å². The second-order valence-corrected chi connectivity index (χ2v) is 6.56. The van der Waals surface area contributed by atoms with E-state index in [0.29, 0.717) is 31.7 Å². The van der Waals surface area contributed by atoms with E-state index in [4.69, 9.17) is 4.74 Å². The van der Waals surface area contributed by atoms with Gasteiger partial charge in [-0.15, -0.1) is 0 Å². The number of amides is 1. The van der Waals surface area contributed by atoms with E-state index in [0.717, 1.165) is 31.2 Å². The zero-order valence-electron chi connectivity index (χ0n) is 14.3. The Bertz CT molecular complexity index is 562. The number of carbonyl (C=O) groups excluding carboxylic acids is 1. The van der Waals surface area contributed by atoms with Crippen LogP contribution in [0.25, 0.3) is 0 Å². The summed E-state index contributed by atoms with van der Waals surface area (Å²) >= 11 is 0. The number of nitrogens with one attached hydrogen (secondary N) is 1. The first-order valence-electron chi connectivity index (χ1n) is 8.76. The molecule has 0 spiro atoms. The van der Waals surface area contributed by atoms with Crippen LogP contribution in [-0.2, 0) is 20.9 Å². The first-order valence-corrected chi connectivity index (χ1v) is 8.76. The molecule has 1 fully saturated rings. The van der Waals surface area contributed by atoms with E-state index in [9.17, 15) is 14.7 Å². The van der Waals surface area contributed by atoms with Crippen LogP contribution in [0.4, 0.5) is 5.69 Å². The number of benzene rings is 1. The van der Waals surface area contributed by atoms with Crippen LogP contribution in [-0.4, -0.2) is 23.6 Å². The molecule has 5 heteroatoms. The van der Waals surface area contributed by atoms with Crippen molar-refractivity contribution in [1.82, 2.24) is 0 Å². The van der Waals surface area contributed by atoms with Gasteiger partial charge in [-0.05, 0) is 37.5 Å². The Hall–Kier alpha value is -1.88. The Morgan fingerprint density at radius 2 is 1.92 bits per heavy atom. The third kappa shape index (κ3) is 5.06. The summed E-state index contributed by atoms with van der Waals surface area (Å²) in [6, 6.07) is 7.49. The van der Waals surface area contributed by atoms with Crippen molar-refractivity contribution < 1.29 is 19.4 Å². The maximum Gasteiger partial charge on any atom is 0.310 e. The van der Waals surface area contributed by atoms with E-state index in [2.05, 4.69) is 5.32 Å². The molecular formula is C19H27NO4. The van der Waals surface area contributed by atoms with Crippen LogP contribution in [0.1, 0.15) is 57.4 Å². The smallest absolute Gasteiger partial charge is 0.310 e. The lowest BCUT2D eigenvalue weighted by molar-refractivity contribution is -0.152. The van der Waals surface area contributed by atoms with Crippen molar-refractivity contribution in [3.63, 3.8) is 0 Å². The molecule has 2 rings (SSSR count). The zero-order chi connectivity index (χ0) is 17.4. The van der Waals surface area contributed by atoms with Gasteiger partial charge in [-0.2, -0.15) is 0 Å². The second kappa shape index (κ2) is 8.83. The molecule has 1 aromatic rings. The topological polar surface area (TPSA) is 75.6 Å². The lowest BCUT2D eigenvalue weighted by atomic mass is 9.77. The maximum atomic E-state index is 12.4. The number of ether oxygens (including phenoxy) is 1. The van der Waals surface area contributed by atoms with Crippen molar-refractivity contribution in [2.24, 2.45) is 5.41 Å². The highest BCUT2D eigenvalue weighted by Gasteiger charge is 2.40. The summed E-state index contributed by atoms with van der Waals surface area (Å²) in [5, 5.41) is 12.5. The third-order valence-electron chi connectivity index (χ3n) is 4.70. The Balaban J connectivity index is 2.01. The molecule has 5 nitrogen and oxygen atoms in total. The van der Waals surface area contributed by atoms with Crippen LogP contribution in [0, 0.1) is 5.41 Å². The van der Waals surface area contributed by atoms with Gasteiger partial charge >= 0.3 is 5.97 Å². The van der Waals surface area contributed by atoms with E-state index in [1.807, 2.05) is 31.2 Å². The number of carboxylic acid groups (broad SMARTS) is 1. The number of hydrogen-bond donors (Lipinski definition) is 2. The quantitative estimate of drug-likeness (QED) is 0.740. The zero-order valence-corrected chi connectivity index (χ0v) is 14.3. The van der Waals surface area contributed by atoms with Crippen LogP contribution in [0.3, 0.4) is 0 Å². The fraction of sp³-hybridized carbons (Fsp3) is 0.579. The lowest BCUT2D eigenvalue weighted by Gasteiger charge is -2.27. The van der Waals surface area contributed by atoms with E-state index in [1.165, 1.54) is 0 Å². The molecule has 24 heavy (non-hydrogen) atoms. The largest absolute Gasteiger partial charge is 0.481 e. The van der Waals surface area contributed by atoms with Crippen LogP contribution in [0.2, 0.25) is 0 Å². The van der Waals surface area contributed by atoms with Crippen LogP contribution in [0.5, 0.6) is 0 Å². The van der Waals surface area contributed by atoms with E-state index < -0.39 is 11.4 Å². The van der Waals surface area contributed by atoms with Gasteiger partial charge in [0.2, 0.25) is 5.91 Å². The molecule has 1 aromatic carbocycles. The van der Waals surface area contributed by atoms with Gasteiger partial charge in [0.15, 0.2) is 0 Å².